The third-order valence-corrected chi connectivity index (χ3v) is 5.46. The van der Waals surface area contributed by atoms with E-state index in [1.54, 1.807) is 19.1 Å². The van der Waals surface area contributed by atoms with Gasteiger partial charge >= 0.3 is 5.97 Å². The quantitative estimate of drug-likeness (QED) is 0.801. The van der Waals surface area contributed by atoms with E-state index in [0.717, 1.165) is 12.8 Å². The highest BCUT2D eigenvalue weighted by Crippen LogP contribution is 2.36. The van der Waals surface area contributed by atoms with Crippen LogP contribution >= 0.6 is 0 Å². The number of alkyl halides is 1. The van der Waals surface area contributed by atoms with Gasteiger partial charge in [0.1, 0.15) is 18.2 Å². The number of fused-ring (bicyclic) bond motifs is 2. The molecule has 0 amide bonds. The van der Waals surface area contributed by atoms with E-state index in [2.05, 4.69) is 11.9 Å². The number of hydrogen-bond acceptors (Lipinski definition) is 3. The average molecular weight is 305 g/mol. The number of carbonyl (C=O) groups excluding carboxylic acids is 1. The van der Waals surface area contributed by atoms with Gasteiger partial charge in [-0.2, -0.15) is 0 Å². The van der Waals surface area contributed by atoms with Crippen molar-refractivity contribution in [2.24, 2.45) is 0 Å². The van der Waals surface area contributed by atoms with E-state index < -0.39 is 18.1 Å². The third kappa shape index (κ3) is 2.65. The van der Waals surface area contributed by atoms with Crippen LogP contribution in [0, 0.1) is 0 Å². The fourth-order valence-electron chi connectivity index (χ4n) is 3.79. The lowest BCUT2D eigenvalue weighted by molar-refractivity contribution is -0.159. The fraction of sp³-hybridized carbons (Fsp3) is 0.611. The topological polar surface area (TPSA) is 29.5 Å². The van der Waals surface area contributed by atoms with Crippen LogP contribution in [0.3, 0.4) is 0 Å². The Balaban J connectivity index is 1.71. The predicted octanol–water partition coefficient (Wildman–Crippen LogP) is 3.08. The smallest absolute Gasteiger partial charge is 0.319 e. The molecular formula is C18H24FNO2. The second-order valence-corrected chi connectivity index (χ2v) is 6.88. The molecule has 0 saturated carbocycles. The molecule has 1 aromatic rings. The highest BCUT2D eigenvalue weighted by molar-refractivity contribution is 5.83. The number of esters is 1. The molecule has 1 unspecified atom stereocenters. The van der Waals surface area contributed by atoms with E-state index in [4.69, 9.17) is 4.74 Å². The molecule has 22 heavy (non-hydrogen) atoms. The molecule has 2 aliphatic heterocycles. The Hall–Kier alpha value is -1.42. The van der Waals surface area contributed by atoms with Crippen molar-refractivity contribution >= 4 is 5.97 Å². The van der Waals surface area contributed by atoms with Gasteiger partial charge in [-0.15, -0.1) is 0 Å². The Morgan fingerprint density at radius 3 is 2.41 bits per heavy atom. The number of rotatable bonds is 4. The molecule has 120 valence electrons. The molecule has 0 N–H and O–H groups in total. The molecule has 0 radical (unpaired) electrons. The van der Waals surface area contributed by atoms with E-state index in [1.165, 1.54) is 12.8 Å². The molecule has 2 heterocycles. The zero-order valence-electron chi connectivity index (χ0n) is 13.3. The van der Waals surface area contributed by atoms with E-state index >= 15 is 0 Å². The number of ether oxygens (including phenoxy) is 1. The minimum atomic E-state index is -1.20. The molecule has 2 aliphatic rings. The Kier molecular flexibility index (Phi) is 4.22. The van der Waals surface area contributed by atoms with Gasteiger partial charge in [-0.1, -0.05) is 30.3 Å². The van der Waals surface area contributed by atoms with Crippen LogP contribution in [0.25, 0.3) is 0 Å². The Labute approximate surface area is 131 Å². The molecular weight excluding hydrogens is 281 g/mol. The number of benzene rings is 1. The van der Waals surface area contributed by atoms with Crippen LogP contribution in [0.5, 0.6) is 0 Å². The Morgan fingerprint density at radius 2 is 1.86 bits per heavy atom. The van der Waals surface area contributed by atoms with Crippen molar-refractivity contribution in [2.45, 2.75) is 56.2 Å². The van der Waals surface area contributed by atoms with Crippen molar-refractivity contribution in [3.05, 3.63) is 35.9 Å². The lowest BCUT2D eigenvalue weighted by Gasteiger charge is -2.37. The minimum Gasteiger partial charge on any atom is -0.462 e. The molecule has 2 saturated heterocycles. The van der Waals surface area contributed by atoms with Crippen LogP contribution in [0.2, 0.25) is 0 Å². The van der Waals surface area contributed by atoms with Gasteiger partial charge in [0.05, 0.1) is 0 Å². The molecule has 1 aromatic carbocycles. The van der Waals surface area contributed by atoms with Crippen molar-refractivity contribution in [1.82, 2.24) is 4.90 Å². The van der Waals surface area contributed by atoms with Crippen LogP contribution in [-0.4, -0.2) is 42.8 Å². The van der Waals surface area contributed by atoms with E-state index in [1.807, 2.05) is 18.2 Å². The third-order valence-electron chi connectivity index (χ3n) is 5.46. The SMILES string of the molecule is CN1[C@@H]2CC[C@H]1C[C@H](OC(=O)C(C)(CF)c1ccccc1)C2. The normalized spacial score (nSPS) is 30.8. The summed E-state index contributed by atoms with van der Waals surface area (Å²) >= 11 is 0. The summed E-state index contributed by atoms with van der Waals surface area (Å²) in [5.41, 5.74) is -0.526. The van der Waals surface area contributed by atoms with Gasteiger partial charge in [0, 0.05) is 12.1 Å². The minimum absolute atomic E-state index is 0.0733. The summed E-state index contributed by atoms with van der Waals surface area (Å²) in [6.45, 7) is 0.892. The number of halogens is 1. The second-order valence-electron chi connectivity index (χ2n) is 6.88. The Morgan fingerprint density at radius 1 is 1.27 bits per heavy atom. The largest absolute Gasteiger partial charge is 0.462 e. The maximum atomic E-state index is 13.7. The van der Waals surface area contributed by atoms with Gasteiger partial charge in [0.25, 0.3) is 0 Å². The lowest BCUT2D eigenvalue weighted by atomic mass is 9.83. The second kappa shape index (κ2) is 5.99. The Bertz CT molecular complexity index is 521. The molecule has 4 atom stereocenters. The van der Waals surface area contributed by atoms with Crippen molar-refractivity contribution < 1.29 is 13.9 Å². The summed E-state index contributed by atoms with van der Waals surface area (Å²) in [7, 11) is 2.15. The van der Waals surface area contributed by atoms with Crippen molar-refractivity contribution in [1.29, 1.82) is 0 Å². The molecule has 3 nitrogen and oxygen atoms in total. The van der Waals surface area contributed by atoms with Crippen molar-refractivity contribution in [3.8, 4) is 0 Å². The molecule has 4 heteroatoms. The van der Waals surface area contributed by atoms with Crippen LogP contribution in [0.4, 0.5) is 4.39 Å². The number of nitrogens with zero attached hydrogens (tertiary/aromatic N) is 1. The van der Waals surface area contributed by atoms with E-state index in [-0.39, 0.29) is 6.10 Å². The van der Waals surface area contributed by atoms with E-state index in [9.17, 15) is 9.18 Å². The van der Waals surface area contributed by atoms with Crippen LogP contribution < -0.4 is 0 Å². The average Bonchev–Trinajstić information content (AvgIpc) is 2.76. The zero-order chi connectivity index (χ0) is 15.7. The summed E-state index contributed by atoms with van der Waals surface area (Å²) in [6, 6.07) is 10.1. The maximum Gasteiger partial charge on any atom is 0.319 e. The lowest BCUT2D eigenvalue weighted by Crippen LogP contribution is -2.46. The summed E-state index contributed by atoms with van der Waals surface area (Å²) in [4.78, 5) is 15.0. The molecule has 2 fully saturated rings. The zero-order valence-corrected chi connectivity index (χ0v) is 13.3. The summed E-state index contributed by atoms with van der Waals surface area (Å²) < 4.78 is 19.4. The van der Waals surface area contributed by atoms with Gasteiger partial charge in [-0.05, 0) is 45.2 Å². The molecule has 0 aromatic heterocycles. The van der Waals surface area contributed by atoms with Crippen LogP contribution in [-0.2, 0) is 14.9 Å². The number of piperidine rings is 1. The van der Waals surface area contributed by atoms with E-state index in [0.29, 0.717) is 17.6 Å². The predicted molar refractivity (Wildman–Crippen MR) is 83.5 cm³/mol. The first-order valence-electron chi connectivity index (χ1n) is 8.09. The van der Waals surface area contributed by atoms with Gasteiger partial charge < -0.3 is 9.64 Å². The standard InChI is InChI=1S/C18H24FNO2/c1-18(12-19,13-6-4-3-5-7-13)17(21)22-16-10-14-8-9-15(11-16)20(14)2/h3-7,14-16H,8-12H2,1-2H3/t14-,15+,16-,18?. The first-order valence-corrected chi connectivity index (χ1v) is 8.09. The summed E-state index contributed by atoms with van der Waals surface area (Å²) in [6.07, 6.45) is 4.02. The van der Waals surface area contributed by atoms with Crippen LogP contribution in [0.1, 0.15) is 38.2 Å². The number of carbonyl (C=O) groups is 1. The number of hydrogen-bond donors (Lipinski definition) is 0. The van der Waals surface area contributed by atoms with Gasteiger partial charge in [-0.3, -0.25) is 4.79 Å². The highest BCUT2D eigenvalue weighted by atomic mass is 19.1. The monoisotopic (exact) mass is 305 g/mol. The first-order chi connectivity index (χ1) is 10.5. The first kappa shape index (κ1) is 15.5. The molecule has 3 rings (SSSR count). The molecule has 0 aliphatic carbocycles. The summed E-state index contributed by atoms with van der Waals surface area (Å²) in [5, 5.41) is 0. The van der Waals surface area contributed by atoms with Crippen molar-refractivity contribution in [2.75, 3.05) is 13.7 Å². The maximum absolute atomic E-state index is 13.7. The fourth-order valence-corrected chi connectivity index (χ4v) is 3.79. The van der Waals surface area contributed by atoms with Crippen molar-refractivity contribution in [3.63, 3.8) is 0 Å². The molecule has 0 spiro atoms. The summed E-state index contributed by atoms with van der Waals surface area (Å²) in [5.74, 6) is -0.435. The van der Waals surface area contributed by atoms with Crippen LogP contribution in [0.15, 0.2) is 30.3 Å². The highest BCUT2D eigenvalue weighted by Gasteiger charge is 2.43. The van der Waals surface area contributed by atoms with Gasteiger partial charge in [0.2, 0.25) is 0 Å². The van der Waals surface area contributed by atoms with Gasteiger partial charge in [-0.25, -0.2) is 4.39 Å². The molecule has 2 bridgehead atoms. The van der Waals surface area contributed by atoms with Gasteiger partial charge in [0.15, 0.2) is 0 Å².